The summed E-state index contributed by atoms with van der Waals surface area (Å²) in [6.07, 6.45) is 3.50. The summed E-state index contributed by atoms with van der Waals surface area (Å²) in [6.45, 7) is 18.4. The molecule has 0 radical (unpaired) electrons. The van der Waals surface area contributed by atoms with Crippen LogP contribution in [0.4, 0.5) is 0 Å². The van der Waals surface area contributed by atoms with Crippen LogP contribution in [-0.4, -0.2) is 54.7 Å². The molecule has 0 unspecified atom stereocenters. The highest BCUT2D eigenvalue weighted by Crippen LogP contribution is 1.80. The van der Waals surface area contributed by atoms with E-state index in [4.69, 9.17) is 0 Å². The number of carbonyl (C=O) groups is 7. The molecule has 0 aliphatic rings. The van der Waals surface area contributed by atoms with Gasteiger partial charge in [-0.3, -0.25) is 19.2 Å². The monoisotopic (exact) mass is 476 g/mol. The van der Waals surface area contributed by atoms with Crippen molar-refractivity contribution in [3.8, 4) is 0 Å². The molecule has 33 heavy (non-hydrogen) atoms. The Labute approximate surface area is 201 Å². The first-order valence-corrected chi connectivity index (χ1v) is 10.1. The Morgan fingerprint density at radius 1 is 0.697 bits per heavy atom. The first-order chi connectivity index (χ1) is 14.6. The normalized spacial score (nSPS) is 7.33. The molecule has 0 rings (SSSR count). The largest absolute Gasteiger partial charge is 0.385 e. The van der Waals surface area contributed by atoms with E-state index in [9.17, 15) is 33.6 Å². The molecular weight excluding hydrogens is 428 g/mol. The van der Waals surface area contributed by atoms with Gasteiger partial charge in [0.15, 0.2) is 0 Å². The van der Waals surface area contributed by atoms with Crippen LogP contribution in [0.25, 0.3) is 0 Å². The smallest absolute Gasteiger partial charge is 0.137 e. The van der Waals surface area contributed by atoms with Crippen molar-refractivity contribution in [3.05, 3.63) is 12.7 Å². The summed E-state index contributed by atoms with van der Waals surface area (Å²) in [7, 11) is 1.68. The van der Waals surface area contributed by atoms with Crippen LogP contribution in [0.1, 0.15) is 95.4 Å². The maximum Gasteiger partial charge on any atom is 0.137 e. The van der Waals surface area contributed by atoms with Gasteiger partial charge < -0.3 is 19.1 Å². The zero-order chi connectivity index (χ0) is 27.1. The van der Waals surface area contributed by atoms with Crippen LogP contribution < -0.4 is 0 Å². The van der Waals surface area contributed by atoms with Gasteiger partial charge >= 0.3 is 0 Å². The molecule has 0 saturated heterocycles. The minimum Gasteiger partial charge on any atom is -0.385 e. The number of ether oxygens (including phenoxy) is 1. The molecule has 0 amide bonds. The number of carbonyl (C=O) groups excluding carboxylic acids is 7. The highest BCUT2D eigenvalue weighted by molar-refractivity contribution is 5.96. The first-order valence-electron chi connectivity index (χ1n) is 10.1. The van der Waals surface area contributed by atoms with Crippen LogP contribution in [0, 0.1) is 0 Å². The summed E-state index contributed by atoms with van der Waals surface area (Å²) in [5.41, 5.74) is 0. The number of methoxy groups -OCH3 is 1. The second kappa shape index (κ2) is 43.3. The van der Waals surface area contributed by atoms with Gasteiger partial charge in [-0.2, -0.15) is 0 Å². The summed E-state index contributed by atoms with van der Waals surface area (Å²) in [6, 6.07) is 0. The lowest BCUT2D eigenvalue weighted by atomic mass is 10.2. The van der Waals surface area contributed by atoms with E-state index in [0.29, 0.717) is 19.1 Å². The van der Waals surface area contributed by atoms with E-state index in [2.05, 4.69) is 11.3 Å². The lowest BCUT2D eigenvalue weighted by Crippen LogP contribution is -1.97. The zero-order valence-corrected chi connectivity index (χ0v) is 21.7. The molecular formula is C25H48O8. The Kier molecular flexibility index (Phi) is 63.0. The first kappa shape index (κ1) is 48.0. The molecule has 0 aliphatic heterocycles. The van der Waals surface area contributed by atoms with Gasteiger partial charge in [0.25, 0.3) is 0 Å². The Morgan fingerprint density at radius 2 is 0.970 bits per heavy atom. The van der Waals surface area contributed by atoms with Crippen LogP contribution in [0.2, 0.25) is 0 Å². The van der Waals surface area contributed by atoms with Gasteiger partial charge in [-0.05, 0) is 55.4 Å². The Morgan fingerprint density at radius 3 is 0.970 bits per heavy atom. The molecule has 0 saturated carbocycles. The van der Waals surface area contributed by atoms with E-state index in [1.165, 1.54) is 34.6 Å². The summed E-state index contributed by atoms with van der Waals surface area (Å²) >= 11 is 0. The molecule has 0 spiro atoms. The van der Waals surface area contributed by atoms with Gasteiger partial charge in [0.1, 0.15) is 41.0 Å². The molecule has 0 aromatic heterocycles. The predicted molar refractivity (Wildman–Crippen MR) is 134 cm³/mol. The van der Waals surface area contributed by atoms with Crippen LogP contribution in [0.5, 0.6) is 0 Å². The van der Waals surface area contributed by atoms with Gasteiger partial charge in [-0.15, -0.1) is 6.58 Å². The van der Waals surface area contributed by atoms with E-state index < -0.39 is 0 Å². The fourth-order valence-electron chi connectivity index (χ4n) is 0.671. The number of rotatable bonds is 8. The average molecular weight is 477 g/mol. The van der Waals surface area contributed by atoms with Gasteiger partial charge in [0.05, 0.1) is 12.8 Å². The second-order valence-electron chi connectivity index (χ2n) is 6.39. The van der Waals surface area contributed by atoms with Crippen molar-refractivity contribution in [2.45, 2.75) is 95.4 Å². The molecule has 196 valence electrons. The highest BCUT2D eigenvalue weighted by atomic mass is 16.5. The zero-order valence-electron chi connectivity index (χ0n) is 21.7. The van der Waals surface area contributed by atoms with Gasteiger partial charge in [-0.1, -0.05) is 20.4 Å². The molecule has 0 atom stereocenters. The van der Waals surface area contributed by atoms with Gasteiger partial charge in [-0.25, -0.2) is 0 Å². The third-order valence-electron chi connectivity index (χ3n) is 2.09. The molecule has 8 nitrogen and oxygen atoms in total. The molecule has 0 heterocycles. The van der Waals surface area contributed by atoms with E-state index in [1.54, 1.807) is 27.0 Å². The predicted octanol–water partition coefficient (Wildman–Crippen LogP) is 4.74. The summed E-state index contributed by atoms with van der Waals surface area (Å²) < 4.78 is 4.54. The number of ketones is 6. The van der Waals surface area contributed by atoms with Crippen molar-refractivity contribution in [2.75, 3.05) is 13.7 Å². The molecule has 0 aromatic rings. The molecule has 0 N–H and O–H groups in total. The van der Waals surface area contributed by atoms with Gasteiger partial charge in [0, 0.05) is 26.6 Å². The summed E-state index contributed by atoms with van der Waals surface area (Å²) in [5, 5.41) is 0. The molecule has 0 bridgehead atoms. The number of allylic oxidation sites excluding steroid dienone is 1. The maximum atomic E-state index is 10.0. The van der Waals surface area contributed by atoms with Crippen molar-refractivity contribution in [1.82, 2.24) is 0 Å². The van der Waals surface area contributed by atoms with Crippen LogP contribution in [0.3, 0.4) is 0 Å². The highest BCUT2D eigenvalue weighted by Gasteiger charge is 1.94. The summed E-state index contributed by atoms with van der Waals surface area (Å²) in [4.78, 5) is 68.5. The molecule has 0 fully saturated rings. The standard InChI is InChI=1S/C5H8O2.C5H8O.C4H6O2.C4H8O.C3H8O.C3H6O.CH4/c1-4(6)3-5(2)7;1-3-4-5(2)6;1-4(6)2-3-5;1-3-4(2)5;1-3-4-2;1-3(2)4;/h3H2,1-2H3;3H,1,4H2,2H3;3H,2H2,1H3;3H2,1-2H3;3H2,1-2H3;1-2H3;1H4. The van der Waals surface area contributed by atoms with Crippen molar-refractivity contribution in [3.63, 3.8) is 0 Å². The van der Waals surface area contributed by atoms with E-state index in [-0.39, 0.29) is 55.0 Å². The van der Waals surface area contributed by atoms with E-state index >= 15 is 0 Å². The molecule has 0 aromatic carbocycles. The Hall–Kier alpha value is -2.61. The maximum absolute atomic E-state index is 10.0. The van der Waals surface area contributed by atoms with E-state index in [0.717, 1.165) is 6.61 Å². The fourth-order valence-corrected chi connectivity index (χ4v) is 0.671. The molecule has 0 aliphatic carbocycles. The number of aldehydes is 1. The Balaban J connectivity index is -0.0000000494. The van der Waals surface area contributed by atoms with Crippen LogP contribution in [0.15, 0.2) is 12.7 Å². The quantitative estimate of drug-likeness (QED) is 0.279. The molecule has 8 heteroatoms. The number of hydrogen-bond donors (Lipinski definition) is 0. The van der Waals surface area contributed by atoms with E-state index in [1.807, 2.05) is 13.8 Å². The SMILES string of the molecule is C.C=CCC(C)=O.CC(=O)CC(C)=O.CC(=O)CC=O.CC(C)=O.CCC(C)=O.CCOC. The number of Topliss-reactive ketones (excluding diaryl/α,β-unsaturated/α-hetero) is 6. The third-order valence-corrected chi connectivity index (χ3v) is 2.09. The topological polar surface area (TPSA) is 129 Å². The second-order valence-corrected chi connectivity index (χ2v) is 6.39. The lowest BCUT2D eigenvalue weighted by molar-refractivity contribution is -0.125. The number of hydrogen-bond acceptors (Lipinski definition) is 8. The van der Waals surface area contributed by atoms with Crippen molar-refractivity contribution < 1.29 is 38.3 Å². The van der Waals surface area contributed by atoms with Crippen molar-refractivity contribution in [2.24, 2.45) is 0 Å². The van der Waals surface area contributed by atoms with Crippen LogP contribution in [-0.2, 0) is 38.3 Å². The lowest BCUT2D eigenvalue weighted by Gasteiger charge is -1.81. The minimum absolute atomic E-state index is 0. The minimum atomic E-state index is -0.0787. The third kappa shape index (κ3) is 204. The van der Waals surface area contributed by atoms with Gasteiger partial charge in [0.2, 0.25) is 0 Å². The Bertz CT molecular complexity index is 497. The fraction of sp³-hybridized carbons (Fsp3) is 0.640. The summed E-state index contributed by atoms with van der Waals surface area (Å²) in [5.74, 6) is 0.389. The van der Waals surface area contributed by atoms with Crippen LogP contribution >= 0.6 is 0 Å². The van der Waals surface area contributed by atoms with Crippen molar-refractivity contribution >= 4 is 41.0 Å². The average Bonchev–Trinajstić information content (AvgIpc) is 2.61. The van der Waals surface area contributed by atoms with Crippen molar-refractivity contribution in [1.29, 1.82) is 0 Å².